The van der Waals surface area contributed by atoms with E-state index in [-0.39, 0.29) is 11.8 Å². The maximum atomic E-state index is 10.8. The summed E-state index contributed by atoms with van der Waals surface area (Å²) >= 11 is 0. The summed E-state index contributed by atoms with van der Waals surface area (Å²) in [6.45, 7) is 2.37. The Morgan fingerprint density at radius 3 is 3.20 bits per heavy atom. The minimum Gasteiger partial charge on any atom is -0.420 e. The van der Waals surface area contributed by atoms with Gasteiger partial charge >= 0.3 is 11.8 Å². The maximum Gasteiger partial charge on any atom is 0.308 e. The number of nitrogens with zero attached hydrogens (tertiary/aromatic N) is 2. The molecule has 0 saturated carbocycles. The summed E-state index contributed by atoms with van der Waals surface area (Å²) in [5.41, 5.74) is 0. The van der Waals surface area contributed by atoms with Crippen LogP contribution in [-0.4, -0.2) is 22.6 Å². The van der Waals surface area contributed by atoms with Gasteiger partial charge in [-0.15, -0.1) is 10.2 Å². The third-order valence-electron chi connectivity index (χ3n) is 0.892. The molecule has 1 aromatic rings. The number of aromatic nitrogens is 2. The molecule has 5 heteroatoms. The molecule has 0 aliphatic heterocycles. The van der Waals surface area contributed by atoms with Crippen molar-refractivity contribution < 1.29 is 9.21 Å². The Kier molecular flexibility index (Phi) is 1.99. The summed E-state index contributed by atoms with van der Waals surface area (Å²) in [6, 6.07) is 0. The summed E-state index contributed by atoms with van der Waals surface area (Å²) in [4.78, 5) is 10.8. The average molecular weight is 141 g/mol. The summed E-state index contributed by atoms with van der Waals surface area (Å²) in [5, 5.41) is 9.27. The monoisotopic (exact) mass is 141 g/mol. The van der Waals surface area contributed by atoms with Crippen molar-refractivity contribution in [3.63, 3.8) is 0 Å². The second-order valence-corrected chi connectivity index (χ2v) is 1.60. The summed E-state index contributed by atoms with van der Waals surface area (Å²) in [5.74, 6) is -0.332. The molecule has 1 amide bonds. The Morgan fingerprint density at radius 1 is 1.90 bits per heavy atom. The lowest BCUT2D eigenvalue weighted by Crippen LogP contribution is -2.22. The fourth-order valence-electron chi connectivity index (χ4n) is 0.508. The predicted molar refractivity (Wildman–Crippen MR) is 32.3 cm³/mol. The molecule has 0 aliphatic rings. The Balaban J connectivity index is 2.59. The second-order valence-electron chi connectivity index (χ2n) is 1.60. The van der Waals surface area contributed by atoms with Gasteiger partial charge in [0.25, 0.3) is 0 Å². The number of carbonyl (C=O) groups is 1. The van der Waals surface area contributed by atoms with Crippen LogP contribution in [0.25, 0.3) is 0 Å². The van der Waals surface area contributed by atoms with Crippen molar-refractivity contribution in [1.29, 1.82) is 0 Å². The van der Waals surface area contributed by atoms with E-state index in [1.807, 2.05) is 6.92 Å². The molecule has 10 heavy (non-hydrogen) atoms. The molecule has 0 atom stereocenters. The lowest BCUT2D eigenvalue weighted by atomic mass is 10.6. The van der Waals surface area contributed by atoms with Crippen LogP contribution in [0.5, 0.6) is 0 Å². The van der Waals surface area contributed by atoms with Crippen molar-refractivity contribution in [2.24, 2.45) is 0 Å². The molecule has 54 valence electrons. The Bertz CT molecular complexity index is 207. The van der Waals surface area contributed by atoms with Crippen molar-refractivity contribution in [3.05, 3.63) is 12.3 Å². The van der Waals surface area contributed by atoms with Gasteiger partial charge < -0.3 is 9.73 Å². The van der Waals surface area contributed by atoms with Crippen LogP contribution in [0.2, 0.25) is 0 Å². The molecule has 0 unspecified atom stereocenters. The molecule has 1 N–H and O–H groups in total. The minimum absolute atomic E-state index is 0.00171. The van der Waals surface area contributed by atoms with E-state index in [0.717, 1.165) is 6.39 Å². The van der Waals surface area contributed by atoms with Crippen LogP contribution in [0.4, 0.5) is 0 Å². The summed E-state index contributed by atoms with van der Waals surface area (Å²) < 4.78 is 4.61. The zero-order valence-electron chi connectivity index (χ0n) is 5.50. The number of carbonyl (C=O) groups excluding carboxylic acids is 1. The van der Waals surface area contributed by atoms with Crippen molar-refractivity contribution in [1.82, 2.24) is 15.5 Å². The minimum atomic E-state index is -0.333. The molecule has 0 saturated heterocycles. The highest BCUT2D eigenvalue weighted by Crippen LogP contribution is 1.89. The molecule has 0 aliphatic carbocycles. The molecule has 0 aromatic carbocycles. The van der Waals surface area contributed by atoms with Gasteiger partial charge in [0.15, 0.2) is 0 Å². The van der Waals surface area contributed by atoms with Gasteiger partial charge in [0.1, 0.15) is 0 Å². The maximum absolute atomic E-state index is 10.8. The number of nitrogens with one attached hydrogen (secondary N) is 1. The molecule has 1 aromatic heterocycles. The smallest absolute Gasteiger partial charge is 0.308 e. The van der Waals surface area contributed by atoms with E-state index < -0.39 is 0 Å². The molecule has 5 nitrogen and oxygen atoms in total. The largest absolute Gasteiger partial charge is 0.420 e. The first kappa shape index (κ1) is 6.73. The fraction of sp³-hybridized carbons (Fsp3) is 0.400. The number of hydrogen-bond donors (Lipinski definition) is 1. The molecule has 0 fully saturated rings. The Morgan fingerprint density at radius 2 is 2.70 bits per heavy atom. The third-order valence-corrected chi connectivity index (χ3v) is 0.892. The zero-order chi connectivity index (χ0) is 7.40. The molecule has 1 heterocycles. The van der Waals surface area contributed by atoms with Gasteiger partial charge in [0.2, 0.25) is 6.39 Å². The van der Waals surface area contributed by atoms with Gasteiger partial charge in [0.05, 0.1) is 0 Å². The van der Waals surface area contributed by atoms with Crippen molar-refractivity contribution >= 4 is 5.91 Å². The van der Waals surface area contributed by atoms with E-state index in [1.165, 1.54) is 0 Å². The van der Waals surface area contributed by atoms with Crippen LogP contribution in [0.1, 0.15) is 17.6 Å². The lowest BCUT2D eigenvalue weighted by molar-refractivity contribution is 0.0921. The third kappa shape index (κ3) is 1.31. The van der Waals surface area contributed by atoms with Gasteiger partial charge in [-0.25, -0.2) is 0 Å². The van der Waals surface area contributed by atoms with Crippen LogP contribution < -0.4 is 5.32 Å². The fourth-order valence-corrected chi connectivity index (χ4v) is 0.508. The topological polar surface area (TPSA) is 68.0 Å². The van der Waals surface area contributed by atoms with E-state index in [0.29, 0.717) is 6.54 Å². The molecule has 0 radical (unpaired) electrons. The zero-order valence-corrected chi connectivity index (χ0v) is 5.50. The highest BCUT2D eigenvalue weighted by Gasteiger charge is 2.08. The Hall–Kier alpha value is -1.39. The van der Waals surface area contributed by atoms with Crippen LogP contribution in [-0.2, 0) is 0 Å². The first-order valence-corrected chi connectivity index (χ1v) is 2.89. The highest BCUT2D eigenvalue weighted by molar-refractivity contribution is 5.89. The molecular weight excluding hydrogens is 134 g/mol. The van der Waals surface area contributed by atoms with Crippen molar-refractivity contribution in [3.8, 4) is 0 Å². The molecule has 1 rings (SSSR count). The van der Waals surface area contributed by atoms with Crippen molar-refractivity contribution in [2.75, 3.05) is 6.54 Å². The van der Waals surface area contributed by atoms with Crippen molar-refractivity contribution in [2.45, 2.75) is 6.92 Å². The SMILES string of the molecule is CCNC(=O)c1nnco1. The first-order chi connectivity index (χ1) is 4.84. The van der Waals surface area contributed by atoms with Crippen LogP contribution in [0, 0.1) is 0 Å². The Labute approximate surface area is 57.4 Å². The standard InChI is InChI=1S/C5H7N3O2/c1-2-6-4(9)5-8-7-3-10-5/h3H,2H2,1H3,(H,6,9). The number of hydrogen-bond acceptors (Lipinski definition) is 4. The summed E-state index contributed by atoms with van der Waals surface area (Å²) in [7, 11) is 0. The quantitative estimate of drug-likeness (QED) is 0.620. The second kappa shape index (κ2) is 2.95. The van der Waals surface area contributed by atoms with Crippen LogP contribution >= 0.6 is 0 Å². The van der Waals surface area contributed by atoms with Gasteiger partial charge in [-0.3, -0.25) is 4.79 Å². The average Bonchev–Trinajstić information content (AvgIpc) is 2.38. The van der Waals surface area contributed by atoms with E-state index in [4.69, 9.17) is 0 Å². The predicted octanol–water partition coefficient (Wildman–Crippen LogP) is -0.181. The van der Waals surface area contributed by atoms with Crippen LogP contribution in [0.3, 0.4) is 0 Å². The molecular formula is C5H7N3O2. The highest BCUT2D eigenvalue weighted by atomic mass is 16.4. The van der Waals surface area contributed by atoms with E-state index >= 15 is 0 Å². The van der Waals surface area contributed by atoms with Crippen LogP contribution in [0.15, 0.2) is 10.8 Å². The van der Waals surface area contributed by atoms with E-state index in [1.54, 1.807) is 0 Å². The first-order valence-electron chi connectivity index (χ1n) is 2.89. The number of rotatable bonds is 2. The lowest BCUT2D eigenvalue weighted by Gasteiger charge is -1.92. The number of amides is 1. The van der Waals surface area contributed by atoms with Gasteiger partial charge in [-0.05, 0) is 6.92 Å². The normalized spacial score (nSPS) is 9.30. The molecule has 0 spiro atoms. The van der Waals surface area contributed by atoms with E-state index in [2.05, 4.69) is 19.9 Å². The van der Waals surface area contributed by atoms with E-state index in [9.17, 15) is 4.79 Å². The van der Waals surface area contributed by atoms with Gasteiger partial charge in [-0.2, -0.15) is 0 Å². The van der Waals surface area contributed by atoms with Gasteiger partial charge in [0, 0.05) is 6.54 Å². The summed E-state index contributed by atoms with van der Waals surface area (Å²) in [6.07, 6.45) is 1.12. The molecule has 0 bridgehead atoms. The van der Waals surface area contributed by atoms with Gasteiger partial charge in [-0.1, -0.05) is 0 Å².